The highest BCUT2D eigenvalue weighted by Gasteiger charge is 2.22. The van der Waals surface area contributed by atoms with E-state index in [9.17, 15) is 18.7 Å². The lowest BCUT2D eigenvalue weighted by Gasteiger charge is -2.11. The Kier molecular flexibility index (Phi) is 6.99. The molecule has 0 fully saturated rings. The van der Waals surface area contributed by atoms with Crippen molar-refractivity contribution in [2.45, 2.75) is 26.0 Å². The second-order valence-corrected chi connectivity index (χ2v) is 8.47. The first-order chi connectivity index (χ1) is 14.7. The van der Waals surface area contributed by atoms with Crippen LogP contribution in [0.5, 0.6) is 0 Å². The fourth-order valence-corrected chi connectivity index (χ4v) is 4.24. The number of rotatable bonds is 8. The van der Waals surface area contributed by atoms with E-state index in [0.717, 1.165) is 35.6 Å². The minimum atomic E-state index is -0.957. The van der Waals surface area contributed by atoms with E-state index in [-0.39, 0.29) is 21.6 Å². The fraction of sp³-hybridized carbons (Fsp3) is 0.273. The third-order valence-corrected chi connectivity index (χ3v) is 5.71. The number of hydrogen-bond acceptors (Lipinski definition) is 6. The Labute approximate surface area is 183 Å². The summed E-state index contributed by atoms with van der Waals surface area (Å²) < 4.78 is 29.4. The molecular formula is C22H24F2N4O2S. The van der Waals surface area contributed by atoms with Gasteiger partial charge in [-0.1, -0.05) is 13.0 Å². The number of benzene rings is 1. The van der Waals surface area contributed by atoms with E-state index in [1.165, 1.54) is 6.07 Å². The summed E-state index contributed by atoms with van der Waals surface area (Å²) in [6, 6.07) is 7.21. The van der Waals surface area contributed by atoms with Crippen LogP contribution in [0.3, 0.4) is 0 Å². The van der Waals surface area contributed by atoms with Gasteiger partial charge >= 0.3 is 0 Å². The maximum atomic E-state index is 14.7. The molecule has 6 nitrogen and oxygen atoms in total. The number of aliphatic hydroxyl groups excluding tert-OH is 1. The molecule has 3 rings (SSSR count). The molecule has 1 atom stereocenters. The van der Waals surface area contributed by atoms with Crippen LogP contribution in [0.25, 0.3) is 10.4 Å². The van der Waals surface area contributed by atoms with Gasteiger partial charge in [0.2, 0.25) is 0 Å². The number of carbonyl (C=O) groups is 1. The van der Waals surface area contributed by atoms with Crippen LogP contribution in [-0.2, 0) is 6.54 Å². The van der Waals surface area contributed by atoms with Gasteiger partial charge in [0, 0.05) is 17.6 Å². The summed E-state index contributed by atoms with van der Waals surface area (Å²) >= 11 is 0.996. The molecule has 1 unspecified atom stereocenters. The van der Waals surface area contributed by atoms with Crippen LogP contribution in [0.2, 0.25) is 0 Å². The summed E-state index contributed by atoms with van der Waals surface area (Å²) in [5.74, 6) is -1.90. The number of nitrogens with one attached hydrogen (secondary N) is 1. The minimum Gasteiger partial charge on any atom is -0.388 e. The highest BCUT2D eigenvalue weighted by Crippen LogP contribution is 2.39. The zero-order chi connectivity index (χ0) is 22.7. The largest absolute Gasteiger partial charge is 0.388 e. The summed E-state index contributed by atoms with van der Waals surface area (Å²) in [5.41, 5.74) is 6.48. The van der Waals surface area contributed by atoms with Crippen molar-refractivity contribution >= 4 is 28.1 Å². The number of thiophene rings is 1. The second-order valence-electron chi connectivity index (χ2n) is 7.42. The SMILES string of the molecule is CCC(O)c1cc(F)c(-c2cc(C(N)=O)c(Nc3ccc(CN(C)C)cn3)s2)c(F)c1. The van der Waals surface area contributed by atoms with Gasteiger partial charge in [0.15, 0.2) is 0 Å². The van der Waals surface area contributed by atoms with Crippen molar-refractivity contribution < 1.29 is 18.7 Å². The molecular weight excluding hydrogens is 422 g/mol. The Balaban J connectivity index is 1.95. The predicted molar refractivity (Wildman–Crippen MR) is 118 cm³/mol. The van der Waals surface area contributed by atoms with Crippen molar-refractivity contribution in [3.05, 3.63) is 64.9 Å². The number of aliphatic hydroxyl groups is 1. The Morgan fingerprint density at radius 3 is 2.45 bits per heavy atom. The van der Waals surface area contributed by atoms with Gasteiger partial charge in [0.25, 0.3) is 5.91 Å². The van der Waals surface area contributed by atoms with Crippen LogP contribution in [0.4, 0.5) is 19.6 Å². The monoisotopic (exact) mass is 446 g/mol. The van der Waals surface area contributed by atoms with E-state index < -0.39 is 23.6 Å². The van der Waals surface area contributed by atoms with Gasteiger partial charge in [0.1, 0.15) is 22.5 Å². The molecule has 3 aromatic rings. The molecule has 1 amide bonds. The average molecular weight is 447 g/mol. The molecule has 0 spiro atoms. The number of aromatic nitrogens is 1. The average Bonchev–Trinajstić information content (AvgIpc) is 3.11. The number of hydrogen-bond donors (Lipinski definition) is 3. The second kappa shape index (κ2) is 9.51. The lowest BCUT2D eigenvalue weighted by Crippen LogP contribution is -2.12. The quantitative estimate of drug-likeness (QED) is 0.476. The Morgan fingerprint density at radius 1 is 1.26 bits per heavy atom. The summed E-state index contributed by atoms with van der Waals surface area (Å²) in [7, 11) is 3.90. The molecule has 0 aliphatic carbocycles. The van der Waals surface area contributed by atoms with Crippen molar-refractivity contribution in [3.8, 4) is 10.4 Å². The third kappa shape index (κ3) is 5.25. The third-order valence-electron chi connectivity index (χ3n) is 4.64. The number of anilines is 2. The zero-order valence-corrected chi connectivity index (χ0v) is 18.3. The maximum Gasteiger partial charge on any atom is 0.251 e. The van der Waals surface area contributed by atoms with Crippen LogP contribution < -0.4 is 11.1 Å². The molecule has 1 aromatic carbocycles. The van der Waals surface area contributed by atoms with Crippen molar-refractivity contribution in [1.82, 2.24) is 9.88 Å². The van der Waals surface area contributed by atoms with Crippen molar-refractivity contribution in [2.24, 2.45) is 5.73 Å². The van der Waals surface area contributed by atoms with E-state index in [4.69, 9.17) is 5.73 Å². The molecule has 2 heterocycles. The van der Waals surface area contributed by atoms with Crippen LogP contribution >= 0.6 is 11.3 Å². The maximum absolute atomic E-state index is 14.7. The molecule has 0 aliphatic heterocycles. The van der Waals surface area contributed by atoms with Crippen LogP contribution in [0, 0.1) is 11.6 Å². The number of nitrogens with zero attached hydrogens (tertiary/aromatic N) is 2. The zero-order valence-electron chi connectivity index (χ0n) is 17.4. The van der Waals surface area contributed by atoms with Gasteiger partial charge < -0.3 is 21.1 Å². The van der Waals surface area contributed by atoms with Crippen LogP contribution in [0.1, 0.15) is 40.9 Å². The molecule has 0 aliphatic rings. The first kappa shape index (κ1) is 22.8. The highest BCUT2D eigenvalue weighted by atomic mass is 32.1. The summed E-state index contributed by atoms with van der Waals surface area (Å²) in [4.78, 5) is 18.5. The molecule has 0 saturated heterocycles. The van der Waals surface area contributed by atoms with E-state index in [0.29, 0.717) is 17.2 Å². The predicted octanol–water partition coefficient (Wildman–Crippen LogP) is 4.44. The number of primary amides is 1. The summed E-state index contributed by atoms with van der Waals surface area (Å²) in [6.45, 7) is 2.44. The molecule has 4 N–H and O–H groups in total. The summed E-state index contributed by atoms with van der Waals surface area (Å²) in [6.07, 6.45) is 1.08. The molecule has 164 valence electrons. The normalized spacial score (nSPS) is 12.2. The highest BCUT2D eigenvalue weighted by molar-refractivity contribution is 7.20. The number of pyridine rings is 1. The van der Waals surface area contributed by atoms with Crippen molar-refractivity contribution in [1.29, 1.82) is 0 Å². The number of nitrogens with two attached hydrogens (primary N) is 1. The van der Waals surface area contributed by atoms with Crippen molar-refractivity contribution in [3.63, 3.8) is 0 Å². The van der Waals surface area contributed by atoms with Crippen molar-refractivity contribution in [2.75, 3.05) is 19.4 Å². The number of carbonyl (C=O) groups excluding carboxylic acids is 1. The number of halogens is 2. The Hall–Kier alpha value is -2.88. The number of amides is 1. The van der Waals surface area contributed by atoms with Gasteiger partial charge in [-0.25, -0.2) is 13.8 Å². The lowest BCUT2D eigenvalue weighted by molar-refractivity contribution is 0.100. The van der Waals surface area contributed by atoms with E-state index in [1.54, 1.807) is 19.2 Å². The molecule has 9 heteroatoms. The topological polar surface area (TPSA) is 91.5 Å². The van der Waals surface area contributed by atoms with Crippen LogP contribution in [-0.4, -0.2) is 35.0 Å². The van der Waals surface area contributed by atoms with Gasteiger partial charge in [-0.2, -0.15) is 0 Å². The molecule has 31 heavy (non-hydrogen) atoms. The van der Waals surface area contributed by atoms with E-state index >= 15 is 0 Å². The first-order valence-corrected chi connectivity index (χ1v) is 10.5. The Morgan fingerprint density at radius 2 is 1.94 bits per heavy atom. The van der Waals surface area contributed by atoms with Gasteiger partial charge in [-0.3, -0.25) is 4.79 Å². The van der Waals surface area contributed by atoms with Gasteiger partial charge in [-0.05, 0) is 55.9 Å². The lowest BCUT2D eigenvalue weighted by atomic mass is 10.0. The fourth-order valence-electron chi connectivity index (χ4n) is 3.12. The summed E-state index contributed by atoms with van der Waals surface area (Å²) in [5, 5.41) is 13.2. The first-order valence-electron chi connectivity index (χ1n) is 9.67. The molecule has 0 radical (unpaired) electrons. The smallest absolute Gasteiger partial charge is 0.251 e. The molecule has 0 bridgehead atoms. The minimum absolute atomic E-state index is 0.107. The Bertz CT molecular complexity index is 1060. The van der Waals surface area contributed by atoms with Crippen LogP contribution in [0.15, 0.2) is 36.5 Å². The standard InChI is InChI=1S/C22H24F2N4O2S/c1-4-17(29)13-7-15(23)20(16(24)8-13)18-9-14(21(25)30)22(31-18)27-19-6-5-12(10-26-19)11-28(2)3/h5-10,17,29H,4,11H2,1-3H3,(H2,25,30)(H,26,27). The molecule has 0 saturated carbocycles. The van der Waals surface area contributed by atoms with Gasteiger partial charge in [0.05, 0.1) is 17.2 Å². The van der Waals surface area contributed by atoms with E-state index in [2.05, 4.69) is 10.3 Å². The van der Waals surface area contributed by atoms with Gasteiger partial charge in [-0.15, -0.1) is 11.3 Å². The van der Waals surface area contributed by atoms with E-state index in [1.807, 2.05) is 25.1 Å². The molecule has 2 aromatic heterocycles.